The number of nitrogens with one attached hydrogen (secondary N) is 1. The van der Waals surface area contributed by atoms with Crippen molar-refractivity contribution in [2.24, 2.45) is 0 Å². The van der Waals surface area contributed by atoms with E-state index in [2.05, 4.69) is 5.32 Å². The van der Waals surface area contributed by atoms with Crippen molar-refractivity contribution in [3.05, 3.63) is 71.8 Å². The third-order valence-corrected chi connectivity index (χ3v) is 3.14. The number of esters is 1. The van der Waals surface area contributed by atoms with Gasteiger partial charge >= 0.3 is 5.97 Å². The number of Topliss-reactive ketones (excluding diaryl/α,β-unsaturated/α-hetero) is 1. The predicted molar refractivity (Wildman–Crippen MR) is 84.5 cm³/mol. The van der Waals surface area contributed by atoms with Crippen LogP contribution in [0.3, 0.4) is 0 Å². The summed E-state index contributed by atoms with van der Waals surface area (Å²) in [5.74, 6) is -0.262. The van der Waals surface area contributed by atoms with Crippen molar-refractivity contribution >= 4 is 11.8 Å². The van der Waals surface area contributed by atoms with Crippen molar-refractivity contribution in [1.29, 1.82) is 0 Å². The Labute approximate surface area is 130 Å². The van der Waals surface area contributed by atoms with E-state index in [1.165, 1.54) is 0 Å². The van der Waals surface area contributed by atoms with Crippen LogP contribution in [0.15, 0.2) is 60.7 Å². The molecule has 0 spiro atoms. The fraction of sp³-hybridized carbons (Fsp3) is 0.222. The SMILES string of the molecule is O=C(CNCCC(=O)c1ccccc1)OCc1ccccc1. The number of benzene rings is 2. The number of carbonyl (C=O) groups is 2. The Morgan fingerprint density at radius 3 is 2.23 bits per heavy atom. The lowest BCUT2D eigenvalue weighted by atomic mass is 10.1. The standard InChI is InChI=1S/C18H19NO3/c20-17(16-9-5-2-6-10-16)11-12-19-13-18(21)22-14-15-7-3-1-4-8-15/h1-10,19H,11-14H2. The maximum absolute atomic E-state index is 11.8. The molecule has 0 aliphatic heterocycles. The number of hydrogen-bond donors (Lipinski definition) is 1. The van der Waals surface area contributed by atoms with Gasteiger partial charge in [-0.05, 0) is 5.56 Å². The minimum atomic E-state index is -0.323. The third kappa shape index (κ3) is 5.50. The number of ether oxygens (including phenoxy) is 1. The third-order valence-electron chi connectivity index (χ3n) is 3.14. The summed E-state index contributed by atoms with van der Waals surface area (Å²) in [7, 11) is 0. The van der Waals surface area contributed by atoms with E-state index in [1.807, 2.05) is 48.5 Å². The Morgan fingerprint density at radius 2 is 1.55 bits per heavy atom. The average molecular weight is 297 g/mol. The first-order valence-corrected chi connectivity index (χ1v) is 7.24. The molecule has 0 amide bonds. The average Bonchev–Trinajstić information content (AvgIpc) is 2.58. The van der Waals surface area contributed by atoms with Gasteiger partial charge in [-0.2, -0.15) is 0 Å². The second kappa shape index (κ2) is 8.74. The highest BCUT2D eigenvalue weighted by Crippen LogP contribution is 2.02. The van der Waals surface area contributed by atoms with Crippen molar-refractivity contribution < 1.29 is 14.3 Å². The molecule has 2 aromatic rings. The lowest BCUT2D eigenvalue weighted by Crippen LogP contribution is -2.26. The normalized spacial score (nSPS) is 10.2. The van der Waals surface area contributed by atoms with Gasteiger partial charge < -0.3 is 10.1 Å². The van der Waals surface area contributed by atoms with Gasteiger partial charge in [-0.1, -0.05) is 60.7 Å². The largest absolute Gasteiger partial charge is 0.460 e. The van der Waals surface area contributed by atoms with Crippen molar-refractivity contribution in [3.8, 4) is 0 Å². The first-order valence-electron chi connectivity index (χ1n) is 7.24. The van der Waals surface area contributed by atoms with Gasteiger partial charge in [0.25, 0.3) is 0 Å². The summed E-state index contributed by atoms with van der Waals surface area (Å²) in [6, 6.07) is 18.6. The number of carbonyl (C=O) groups excluding carboxylic acids is 2. The van der Waals surface area contributed by atoms with Crippen LogP contribution in [-0.2, 0) is 16.1 Å². The van der Waals surface area contributed by atoms with E-state index in [9.17, 15) is 9.59 Å². The Bertz CT molecular complexity index is 596. The summed E-state index contributed by atoms with van der Waals surface area (Å²) in [4.78, 5) is 23.4. The van der Waals surface area contributed by atoms with Crippen LogP contribution in [-0.4, -0.2) is 24.8 Å². The number of hydrogen-bond acceptors (Lipinski definition) is 4. The molecule has 0 saturated carbocycles. The molecule has 0 unspecified atom stereocenters. The van der Waals surface area contributed by atoms with Gasteiger partial charge in [0.2, 0.25) is 0 Å². The minimum absolute atomic E-state index is 0.0609. The molecule has 0 heterocycles. The van der Waals surface area contributed by atoms with E-state index in [-0.39, 0.29) is 24.9 Å². The van der Waals surface area contributed by atoms with Crippen molar-refractivity contribution in [1.82, 2.24) is 5.32 Å². The van der Waals surface area contributed by atoms with Crippen molar-refractivity contribution in [2.75, 3.05) is 13.1 Å². The van der Waals surface area contributed by atoms with Gasteiger partial charge in [0.1, 0.15) is 6.61 Å². The highest BCUT2D eigenvalue weighted by Gasteiger charge is 2.06. The summed E-state index contributed by atoms with van der Waals surface area (Å²) >= 11 is 0. The first-order chi connectivity index (χ1) is 10.8. The zero-order valence-corrected chi connectivity index (χ0v) is 12.3. The molecule has 0 saturated heterocycles. The minimum Gasteiger partial charge on any atom is -0.460 e. The lowest BCUT2D eigenvalue weighted by molar-refractivity contribution is -0.143. The summed E-state index contributed by atoms with van der Waals surface area (Å²) in [5, 5.41) is 2.93. The lowest BCUT2D eigenvalue weighted by Gasteiger charge is -2.06. The highest BCUT2D eigenvalue weighted by atomic mass is 16.5. The second-order valence-corrected chi connectivity index (χ2v) is 4.86. The summed E-state index contributed by atoms with van der Waals surface area (Å²) in [6.07, 6.45) is 0.357. The Balaban J connectivity index is 1.60. The van der Waals surface area contributed by atoms with Gasteiger partial charge in [0.15, 0.2) is 5.78 Å². The number of rotatable bonds is 8. The van der Waals surface area contributed by atoms with E-state index >= 15 is 0 Å². The zero-order valence-electron chi connectivity index (χ0n) is 12.3. The van der Waals surface area contributed by atoms with Gasteiger partial charge in [0.05, 0.1) is 6.54 Å². The van der Waals surface area contributed by atoms with E-state index in [4.69, 9.17) is 4.74 Å². The molecule has 0 bridgehead atoms. The molecule has 2 rings (SSSR count). The van der Waals surface area contributed by atoms with Crippen LogP contribution in [0.5, 0.6) is 0 Å². The van der Waals surface area contributed by atoms with Gasteiger partial charge in [-0.25, -0.2) is 0 Å². The summed E-state index contributed by atoms with van der Waals surface area (Å²) in [6.45, 7) is 0.827. The Hall–Kier alpha value is -2.46. The van der Waals surface area contributed by atoms with Gasteiger partial charge in [0, 0.05) is 18.5 Å². The molecular weight excluding hydrogens is 278 g/mol. The van der Waals surface area contributed by atoms with Crippen molar-refractivity contribution in [2.45, 2.75) is 13.0 Å². The van der Waals surface area contributed by atoms with E-state index in [1.54, 1.807) is 12.1 Å². The predicted octanol–water partition coefficient (Wildman–Crippen LogP) is 2.59. The molecule has 0 aromatic heterocycles. The van der Waals surface area contributed by atoms with Crippen LogP contribution < -0.4 is 5.32 Å². The molecule has 0 atom stereocenters. The summed E-state index contributed by atoms with van der Waals surface area (Å²) in [5.41, 5.74) is 1.64. The van der Waals surface area contributed by atoms with Crippen LogP contribution in [0.1, 0.15) is 22.3 Å². The van der Waals surface area contributed by atoms with Gasteiger partial charge in [-0.15, -0.1) is 0 Å². The fourth-order valence-corrected chi connectivity index (χ4v) is 1.95. The molecule has 1 N–H and O–H groups in total. The molecule has 0 aliphatic rings. The highest BCUT2D eigenvalue weighted by molar-refractivity contribution is 5.96. The van der Waals surface area contributed by atoms with Crippen LogP contribution in [0.25, 0.3) is 0 Å². The van der Waals surface area contributed by atoms with Crippen molar-refractivity contribution in [3.63, 3.8) is 0 Å². The monoisotopic (exact) mass is 297 g/mol. The van der Waals surface area contributed by atoms with E-state index < -0.39 is 0 Å². The smallest absolute Gasteiger partial charge is 0.320 e. The van der Waals surface area contributed by atoms with E-state index in [0.717, 1.165) is 5.56 Å². The van der Waals surface area contributed by atoms with Crippen LogP contribution in [0, 0.1) is 0 Å². The molecule has 2 aromatic carbocycles. The quantitative estimate of drug-likeness (QED) is 0.462. The molecule has 114 valence electrons. The molecular formula is C18H19NO3. The molecule has 0 fully saturated rings. The number of ketones is 1. The van der Waals surface area contributed by atoms with E-state index in [0.29, 0.717) is 18.5 Å². The van der Waals surface area contributed by atoms with Crippen LogP contribution >= 0.6 is 0 Å². The van der Waals surface area contributed by atoms with Gasteiger partial charge in [-0.3, -0.25) is 9.59 Å². The maximum Gasteiger partial charge on any atom is 0.320 e. The topological polar surface area (TPSA) is 55.4 Å². The zero-order chi connectivity index (χ0) is 15.6. The summed E-state index contributed by atoms with van der Waals surface area (Å²) < 4.78 is 5.13. The first kappa shape index (κ1) is 15.9. The van der Waals surface area contributed by atoms with Crippen LogP contribution in [0.2, 0.25) is 0 Å². The Kier molecular flexibility index (Phi) is 6.33. The molecule has 22 heavy (non-hydrogen) atoms. The molecule has 4 heteroatoms. The Morgan fingerprint density at radius 1 is 0.909 bits per heavy atom. The second-order valence-electron chi connectivity index (χ2n) is 4.86. The maximum atomic E-state index is 11.8. The van der Waals surface area contributed by atoms with Crippen LogP contribution in [0.4, 0.5) is 0 Å². The fourth-order valence-electron chi connectivity index (χ4n) is 1.95. The molecule has 0 aliphatic carbocycles. The molecule has 0 radical (unpaired) electrons. The molecule has 4 nitrogen and oxygen atoms in total.